The Kier molecular flexibility index (Phi) is 4.12. The van der Waals surface area contributed by atoms with E-state index < -0.39 is 5.54 Å². The van der Waals surface area contributed by atoms with Gasteiger partial charge in [0.25, 0.3) is 5.91 Å². The van der Waals surface area contributed by atoms with E-state index in [4.69, 9.17) is 5.73 Å². The molecule has 0 saturated carbocycles. The summed E-state index contributed by atoms with van der Waals surface area (Å²) in [6, 6.07) is 22.3. The lowest BCUT2D eigenvalue weighted by molar-refractivity contribution is -0.121. The molecule has 0 unspecified atom stereocenters. The van der Waals surface area contributed by atoms with E-state index in [1.807, 2.05) is 80.3 Å². The van der Waals surface area contributed by atoms with Crippen LogP contribution in [0.5, 0.6) is 0 Å². The average Bonchev–Trinajstić information content (AvgIpc) is 2.84. The molecule has 1 aliphatic rings. The SMILES string of the molecule is Cc1cc(C)cc([C@@]2(N)C(=O)N(Cc3ccccc3)c3ccc(C)cc32)c1. The van der Waals surface area contributed by atoms with Crippen molar-refractivity contribution in [1.29, 1.82) is 0 Å². The van der Waals surface area contributed by atoms with Crippen molar-refractivity contribution in [1.82, 2.24) is 0 Å². The molecule has 0 fully saturated rings. The maximum atomic E-state index is 13.6. The summed E-state index contributed by atoms with van der Waals surface area (Å²) < 4.78 is 0. The molecule has 0 aliphatic carbocycles. The first kappa shape index (κ1) is 17.5. The lowest BCUT2D eigenvalue weighted by Crippen LogP contribution is -2.48. The van der Waals surface area contributed by atoms with Crippen LogP contribution in [0.2, 0.25) is 0 Å². The number of nitrogens with zero attached hydrogens (tertiary/aromatic N) is 1. The highest BCUT2D eigenvalue weighted by molar-refractivity contribution is 6.10. The van der Waals surface area contributed by atoms with E-state index in [9.17, 15) is 4.79 Å². The van der Waals surface area contributed by atoms with Gasteiger partial charge in [-0.05, 0) is 38.0 Å². The van der Waals surface area contributed by atoms with Gasteiger partial charge in [0.2, 0.25) is 0 Å². The summed E-state index contributed by atoms with van der Waals surface area (Å²) in [5.74, 6) is -0.0723. The summed E-state index contributed by atoms with van der Waals surface area (Å²) in [6.07, 6.45) is 0. The minimum Gasteiger partial charge on any atom is -0.310 e. The summed E-state index contributed by atoms with van der Waals surface area (Å²) >= 11 is 0. The Bertz CT molecular complexity index is 1010. The van der Waals surface area contributed by atoms with Crippen LogP contribution >= 0.6 is 0 Å². The summed E-state index contributed by atoms with van der Waals surface area (Å²) in [5, 5.41) is 0. The van der Waals surface area contributed by atoms with E-state index in [2.05, 4.69) is 12.1 Å². The largest absolute Gasteiger partial charge is 0.310 e. The van der Waals surface area contributed by atoms with Crippen molar-refractivity contribution in [2.75, 3.05) is 4.90 Å². The van der Waals surface area contributed by atoms with Crippen molar-refractivity contribution in [3.05, 3.63) is 100 Å². The van der Waals surface area contributed by atoms with Crippen LogP contribution in [0.1, 0.15) is 33.4 Å². The zero-order valence-electron chi connectivity index (χ0n) is 16.0. The molecule has 0 bridgehead atoms. The first-order chi connectivity index (χ1) is 12.9. The molecule has 4 rings (SSSR count). The number of nitrogens with two attached hydrogens (primary N) is 1. The maximum absolute atomic E-state index is 13.6. The topological polar surface area (TPSA) is 46.3 Å². The van der Waals surface area contributed by atoms with Gasteiger partial charge in [0.15, 0.2) is 0 Å². The first-order valence-corrected chi connectivity index (χ1v) is 9.24. The average molecular weight is 356 g/mol. The van der Waals surface area contributed by atoms with Crippen molar-refractivity contribution >= 4 is 11.6 Å². The van der Waals surface area contributed by atoms with Gasteiger partial charge in [-0.25, -0.2) is 0 Å². The van der Waals surface area contributed by atoms with Gasteiger partial charge in [0.1, 0.15) is 5.54 Å². The van der Waals surface area contributed by atoms with Gasteiger partial charge in [-0.1, -0.05) is 77.4 Å². The Hall–Kier alpha value is -2.91. The minimum atomic E-state index is -1.16. The lowest BCUT2D eigenvalue weighted by Gasteiger charge is -2.26. The van der Waals surface area contributed by atoms with E-state index >= 15 is 0 Å². The standard InChI is InChI=1S/C24H24N2O/c1-16-9-10-22-21(14-16)24(25,20-12-17(2)11-18(3)13-20)23(27)26(22)15-19-7-5-4-6-8-19/h4-14H,15,25H2,1-3H3/t24-/m0/s1. The Morgan fingerprint density at radius 1 is 0.852 bits per heavy atom. The number of benzene rings is 3. The Morgan fingerprint density at radius 3 is 2.19 bits per heavy atom. The van der Waals surface area contributed by atoms with Crippen LogP contribution in [-0.4, -0.2) is 5.91 Å². The Morgan fingerprint density at radius 2 is 1.52 bits per heavy atom. The fourth-order valence-corrected chi connectivity index (χ4v) is 4.04. The molecule has 0 radical (unpaired) electrons. The summed E-state index contributed by atoms with van der Waals surface area (Å²) in [5.41, 5.74) is 12.8. The van der Waals surface area contributed by atoms with Gasteiger partial charge in [0.05, 0.1) is 12.2 Å². The van der Waals surface area contributed by atoms with Crippen molar-refractivity contribution in [2.24, 2.45) is 5.73 Å². The third kappa shape index (κ3) is 2.84. The fraction of sp³-hybridized carbons (Fsp3) is 0.208. The van der Waals surface area contributed by atoms with Crippen LogP contribution < -0.4 is 10.6 Å². The van der Waals surface area contributed by atoms with Gasteiger partial charge in [-0.3, -0.25) is 4.79 Å². The highest BCUT2D eigenvalue weighted by Crippen LogP contribution is 2.44. The van der Waals surface area contributed by atoms with E-state index in [1.54, 1.807) is 0 Å². The van der Waals surface area contributed by atoms with Gasteiger partial charge in [-0.15, -0.1) is 0 Å². The molecule has 1 heterocycles. The third-order valence-electron chi connectivity index (χ3n) is 5.31. The van der Waals surface area contributed by atoms with Crippen LogP contribution in [0.3, 0.4) is 0 Å². The van der Waals surface area contributed by atoms with Crippen molar-refractivity contribution < 1.29 is 4.79 Å². The number of carbonyl (C=O) groups is 1. The zero-order chi connectivity index (χ0) is 19.2. The molecule has 0 aromatic heterocycles. The maximum Gasteiger partial charge on any atom is 0.256 e. The first-order valence-electron chi connectivity index (χ1n) is 9.24. The predicted molar refractivity (Wildman–Crippen MR) is 110 cm³/mol. The highest BCUT2D eigenvalue weighted by atomic mass is 16.2. The second-order valence-corrected chi connectivity index (χ2v) is 7.58. The van der Waals surface area contributed by atoms with Gasteiger partial charge >= 0.3 is 0 Å². The number of rotatable bonds is 3. The lowest BCUT2D eigenvalue weighted by atomic mass is 9.83. The zero-order valence-corrected chi connectivity index (χ0v) is 16.0. The van der Waals surface area contributed by atoms with Crippen LogP contribution in [0.25, 0.3) is 0 Å². The minimum absolute atomic E-state index is 0.0723. The molecule has 3 nitrogen and oxygen atoms in total. The molecular weight excluding hydrogens is 332 g/mol. The molecule has 0 spiro atoms. The molecular formula is C24H24N2O. The number of carbonyl (C=O) groups excluding carboxylic acids is 1. The number of amides is 1. The number of hydrogen-bond donors (Lipinski definition) is 1. The molecule has 3 heteroatoms. The molecule has 3 aromatic rings. The van der Waals surface area contributed by atoms with E-state index in [0.29, 0.717) is 6.54 Å². The van der Waals surface area contributed by atoms with Gasteiger partial charge in [-0.2, -0.15) is 0 Å². The van der Waals surface area contributed by atoms with Gasteiger partial charge < -0.3 is 10.6 Å². The van der Waals surface area contributed by atoms with E-state index in [1.165, 1.54) is 0 Å². The quantitative estimate of drug-likeness (QED) is 0.758. The van der Waals surface area contributed by atoms with Crippen LogP contribution in [0.15, 0.2) is 66.7 Å². The second kappa shape index (κ2) is 6.36. The molecule has 2 N–H and O–H groups in total. The summed E-state index contributed by atoms with van der Waals surface area (Å²) in [7, 11) is 0. The third-order valence-corrected chi connectivity index (χ3v) is 5.31. The number of aryl methyl sites for hydroxylation is 3. The molecule has 0 saturated heterocycles. The van der Waals surface area contributed by atoms with Crippen molar-refractivity contribution in [3.8, 4) is 0 Å². The van der Waals surface area contributed by atoms with Gasteiger partial charge in [0, 0.05) is 5.56 Å². The van der Waals surface area contributed by atoms with Crippen molar-refractivity contribution in [2.45, 2.75) is 32.9 Å². The van der Waals surface area contributed by atoms with E-state index in [0.717, 1.165) is 39.1 Å². The number of hydrogen-bond acceptors (Lipinski definition) is 2. The molecule has 136 valence electrons. The summed E-state index contributed by atoms with van der Waals surface area (Å²) in [4.78, 5) is 15.4. The van der Waals surface area contributed by atoms with Crippen molar-refractivity contribution in [3.63, 3.8) is 0 Å². The molecule has 1 atom stereocenters. The number of anilines is 1. The molecule has 1 aliphatic heterocycles. The Labute approximate surface area is 160 Å². The van der Waals surface area contributed by atoms with Crippen LogP contribution in [0, 0.1) is 20.8 Å². The number of fused-ring (bicyclic) bond motifs is 1. The second-order valence-electron chi connectivity index (χ2n) is 7.58. The Balaban J connectivity index is 1.88. The highest BCUT2D eigenvalue weighted by Gasteiger charge is 2.49. The normalized spacial score (nSPS) is 18.7. The predicted octanol–water partition coefficient (Wildman–Crippen LogP) is 4.36. The monoisotopic (exact) mass is 356 g/mol. The summed E-state index contributed by atoms with van der Waals surface area (Å²) in [6.45, 7) is 6.63. The fourth-order valence-electron chi connectivity index (χ4n) is 4.04. The smallest absolute Gasteiger partial charge is 0.256 e. The molecule has 1 amide bonds. The van der Waals surface area contributed by atoms with Crippen LogP contribution in [0.4, 0.5) is 5.69 Å². The molecule has 3 aromatic carbocycles. The molecule has 27 heavy (non-hydrogen) atoms. The van der Waals surface area contributed by atoms with E-state index in [-0.39, 0.29) is 5.91 Å². The van der Waals surface area contributed by atoms with Crippen LogP contribution in [-0.2, 0) is 16.9 Å².